The number of rotatable bonds is 6. The van der Waals surface area contributed by atoms with Crippen molar-refractivity contribution in [2.75, 3.05) is 46.4 Å². The minimum Gasteiger partial charge on any atom is -0.453 e. The number of likely N-dealkylation sites (tertiary alicyclic amines) is 2. The largest absolute Gasteiger partial charge is 0.453 e. The van der Waals surface area contributed by atoms with Crippen LogP contribution in [0, 0.1) is 11.8 Å². The first-order valence-electron chi connectivity index (χ1n) is 9.41. The third-order valence-corrected chi connectivity index (χ3v) is 5.45. The Balaban J connectivity index is 1.60. The van der Waals surface area contributed by atoms with E-state index in [0.717, 1.165) is 19.6 Å². The van der Waals surface area contributed by atoms with Crippen molar-refractivity contribution in [3.63, 3.8) is 0 Å². The predicted octanol–water partition coefficient (Wildman–Crippen LogP) is 1.98. The van der Waals surface area contributed by atoms with Crippen molar-refractivity contribution in [1.29, 1.82) is 0 Å². The van der Waals surface area contributed by atoms with E-state index in [2.05, 4.69) is 4.90 Å². The first-order chi connectivity index (χ1) is 12.2. The lowest BCUT2D eigenvalue weighted by molar-refractivity contribution is 0.0739. The zero-order chi connectivity index (χ0) is 17.6. The molecule has 2 atom stereocenters. The van der Waals surface area contributed by atoms with E-state index in [4.69, 9.17) is 9.15 Å². The molecule has 0 aromatic carbocycles. The van der Waals surface area contributed by atoms with Crippen LogP contribution in [0.25, 0.3) is 0 Å². The summed E-state index contributed by atoms with van der Waals surface area (Å²) in [6.07, 6.45) is 5.15. The molecule has 25 heavy (non-hydrogen) atoms. The van der Waals surface area contributed by atoms with Crippen LogP contribution in [-0.4, -0.2) is 67.3 Å². The predicted molar refractivity (Wildman–Crippen MR) is 94.3 cm³/mol. The molecule has 2 aliphatic heterocycles. The zero-order valence-corrected chi connectivity index (χ0v) is 15.2. The molecule has 6 nitrogen and oxygen atoms in total. The highest BCUT2D eigenvalue weighted by atomic mass is 16.5. The summed E-state index contributed by atoms with van der Waals surface area (Å²) in [7, 11) is 1.60. The monoisotopic (exact) mass is 350 g/mol. The Morgan fingerprint density at radius 3 is 2.60 bits per heavy atom. The van der Waals surface area contributed by atoms with E-state index in [9.17, 15) is 9.90 Å². The second kappa shape index (κ2) is 8.83. The van der Waals surface area contributed by atoms with Crippen LogP contribution in [-0.2, 0) is 11.3 Å². The van der Waals surface area contributed by atoms with Crippen molar-refractivity contribution in [2.24, 2.45) is 11.8 Å². The summed E-state index contributed by atoms with van der Waals surface area (Å²) in [4.78, 5) is 17.1. The van der Waals surface area contributed by atoms with Gasteiger partial charge >= 0.3 is 0 Å². The zero-order valence-electron chi connectivity index (χ0n) is 15.2. The van der Waals surface area contributed by atoms with Gasteiger partial charge < -0.3 is 24.1 Å². The Kier molecular flexibility index (Phi) is 6.51. The maximum atomic E-state index is 12.7. The fraction of sp³-hybridized carbons (Fsp3) is 0.737. The van der Waals surface area contributed by atoms with Crippen LogP contribution >= 0.6 is 0 Å². The molecule has 0 unspecified atom stereocenters. The van der Waals surface area contributed by atoms with E-state index >= 15 is 0 Å². The van der Waals surface area contributed by atoms with Gasteiger partial charge in [0.05, 0.1) is 0 Å². The first kappa shape index (κ1) is 18.4. The van der Waals surface area contributed by atoms with Crippen molar-refractivity contribution in [1.82, 2.24) is 9.80 Å². The molecule has 1 aromatic heterocycles. The Morgan fingerprint density at radius 1 is 1.20 bits per heavy atom. The average Bonchev–Trinajstić information content (AvgIpc) is 3.16. The molecule has 0 spiro atoms. The molecule has 6 heteroatoms. The Morgan fingerprint density at radius 2 is 1.92 bits per heavy atom. The summed E-state index contributed by atoms with van der Waals surface area (Å²) in [5.41, 5.74) is 0. The molecule has 2 aliphatic rings. The summed E-state index contributed by atoms with van der Waals surface area (Å²) < 4.78 is 10.6. The highest BCUT2D eigenvalue weighted by Gasteiger charge is 2.36. The van der Waals surface area contributed by atoms with E-state index in [0.29, 0.717) is 37.1 Å². The van der Waals surface area contributed by atoms with Crippen molar-refractivity contribution < 1.29 is 19.1 Å². The van der Waals surface area contributed by atoms with Gasteiger partial charge in [0.2, 0.25) is 0 Å². The molecule has 2 fully saturated rings. The van der Waals surface area contributed by atoms with Crippen LogP contribution in [0.3, 0.4) is 0 Å². The highest BCUT2D eigenvalue weighted by Crippen LogP contribution is 2.27. The smallest absolute Gasteiger partial charge is 0.289 e. The number of hydrogen-bond donors (Lipinski definition) is 1. The highest BCUT2D eigenvalue weighted by molar-refractivity contribution is 5.91. The number of furan rings is 1. The van der Waals surface area contributed by atoms with Crippen LogP contribution in [0.5, 0.6) is 0 Å². The number of carbonyl (C=O) groups is 1. The summed E-state index contributed by atoms with van der Waals surface area (Å²) in [6.45, 7) is 5.05. The van der Waals surface area contributed by atoms with Crippen molar-refractivity contribution >= 4 is 5.91 Å². The van der Waals surface area contributed by atoms with Gasteiger partial charge in [0.15, 0.2) is 5.76 Å². The van der Waals surface area contributed by atoms with E-state index < -0.39 is 0 Å². The van der Waals surface area contributed by atoms with E-state index in [1.165, 1.54) is 25.7 Å². The van der Waals surface area contributed by atoms with E-state index in [1.807, 2.05) is 4.90 Å². The lowest BCUT2D eigenvalue weighted by atomic mass is 9.96. The molecule has 140 valence electrons. The number of ether oxygens (including phenoxy) is 1. The number of aliphatic hydroxyl groups excluding tert-OH is 1. The third-order valence-electron chi connectivity index (χ3n) is 5.45. The second-order valence-electron chi connectivity index (χ2n) is 7.33. The third kappa shape index (κ3) is 4.63. The number of aliphatic hydroxyl groups is 1. The number of carbonyl (C=O) groups excluding carboxylic acids is 1. The summed E-state index contributed by atoms with van der Waals surface area (Å²) >= 11 is 0. The molecule has 0 bridgehead atoms. The van der Waals surface area contributed by atoms with Gasteiger partial charge in [-0.15, -0.1) is 0 Å². The summed E-state index contributed by atoms with van der Waals surface area (Å²) in [5, 5.41) is 9.77. The lowest BCUT2D eigenvalue weighted by Crippen LogP contribution is -2.35. The van der Waals surface area contributed by atoms with E-state index in [1.54, 1.807) is 19.2 Å². The fourth-order valence-corrected chi connectivity index (χ4v) is 4.04. The Bertz CT molecular complexity index is 551. The van der Waals surface area contributed by atoms with Crippen molar-refractivity contribution in [3.8, 4) is 0 Å². The van der Waals surface area contributed by atoms with Gasteiger partial charge in [-0.2, -0.15) is 0 Å². The molecule has 3 rings (SSSR count). The quantitative estimate of drug-likeness (QED) is 0.850. The van der Waals surface area contributed by atoms with Crippen molar-refractivity contribution in [3.05, 3.63) is 23.7 Å². The minimum atomic E-state index is -0.0841. The van der Waals surface area contributed by atoms with Gasteiger partial charge in [-0.05, 0) is 44.0 Å². The van der Waals surface area contributed by atoms with Crippen LogP contribution in [0.4, 0.5) is 0 Å². The lowest BCUT2D eigenvalue weighted by Gasteiger charge is -2.26. The molecule has 3 heterocycles. The summed E-state index contributed by atoms with van der Waals surface area (Å²) in [5.74, 6) is 1.42. The number of hydrogen-bond acceptors (Lipinski definition) is 5. The minimum absolute atomic E-state index is 0.0841. The molecule has 0 radical (unpaired) electrons. The van der Waals surface area contributed by atoms with E-state index in [-0.39, 0.29) is 18.4 Å². The topological polar surface area (TPSA) is 66.2 Å². The summed E-state index contributed by atoms with van der Waals surface area (Å²) in [6, 6.07) is 3.50. The molecular weight excluding hydrogens is 320 g/mol. The maximum Gasteiger partial charge on any atom is 0.289 e. The normalized spacial score (nSPS) is 25.3. The average molecular weight is 350 g/mol. The molecule has 2 saturated heterocycles. The van der Waals surface area contributed by atoms with Gasteiger partial charge in [0, 0.05) is 39.3 Å². The second-order valence-corrected chi connectivity index (χ2v) is 7.33. The van der Waals surface area contributed by atoms with Gasteiger partial charge in [-0.1, -0.05) is 12.8 Å². The van der Waals surface area contributed by atoms with Crippen LogP contribution < -0.4 is 0 Å². The molecule has 1 N–H and O–H groups in total. The number of amides is 1. The van der Waals surface area contributed by atoms with Crippen LogP contribution in [0.1, 0.15) is 42.0 Å². The molecular formula is C19H30N2O4. The SMILES string of the molecule is COCc1ccc(C(=O)N2C[C@@H](CN3CCCCCC3)[C@@H](CO)C2)o1. The molecule has 0 saturated carbocycles. The number of methoxy groups -OCH3 is 1. The van der Waals surface area contributed by atoms with Crippen LogP contribution in [0.15, 0.2) is 16.5 Å². The standard InChI is InChI=1S/C19H30N2O4/c1-24-14-17-6-7-18(25-17)19(23)21-11-15(16(12-21)13-22)10-20-8-4-2-3-5-9-20/h6-7,15-16,22H,2-5,8-14H2,1H3/t15-,16-/m1/s1. The van der Waals surface area contributed by atoms with Gasteiger partial charge in [-0.3, -0.25) is 4.79 Å². The number of nitrogens with zero attached hydrogens (tertiary/aromatic N) is 2. The molecule has 1 aromatic rings. The maximum absolute atomic E-state index is 12.7. The molecule has 0 aliphatic carbocycles. The van der Waals surface area contributed by atoms with Crippen molar-refractivity contribution in [2.45, 2.75) is 32.3 Å². The fourth-order valence-electron chi connectivity index (χ4n) is 4.04. The molecule has 1 amide bonds. The van der Waals surface area contributed by atoms with Gasteiger partial charge in [0.1, 0.15) is 12.4 Å². The Labute approximate surface area is 149 Å². The Hall–Kier alpha value is -1.37. The van der Waals surface area contributed by atoms with Gasteiger partial charge in [-0.25, -0.2) is 0 Å². The van der Waals surface area contributed by atoms with Gasteiger partial charge in [0.25, 0.3) is 5.91 Å². The first-order valence-corrected chi connectivity index (χ1v) is 9.41. The van der Waals surface area contributed by atoms with Crippen LogP contribution in [0.2, 0.25) is 0 Å².